The summed E-state index contributed by atoms with van der Waals surface area (Å²) in [5, 5.41) is 7.35. The Morgan fingerprint density at radius 2 is 2.22 bits per heavy atom. The van der Waals surface area contributed by atoms with Gasteiger partial charge in [-0.2, -0.15) is 11.3 Å². The van der Waals surface area contributed by atoms with Gasteiger partial charge in [-0.15, -0.1) is 0 Å². The van der Waals surface area contributed by atoms with Crippen LogP contribution in [0.25, 0.3) is 0 Å². The minimum Gasteiger partial charge on any atom is -0.497 e. The van der Waals surface area contributed by atoms with E-state index in [2.05, 4.69) is 5.32 Å². The number of ether oxygens (including phenoxy) is 1. The van der Waals surface area contributed by atoms with Crippen molar-refractivity contribution in [2.75, 3.05) is 13.7 Å². The number of thiophene rings is 1. The maximum absolute atomic E-state index is 14.1. The summed E-state index contributed by atoms with van der Waals surface area (Å²) in [6.07, 6.45) is 0. The Morgan fingerprint density at radius 3 is 2.78 bits per heavy atom. The smallest absolute Gasteiger partial charge is 0.132 e. The standard InChI is InChI=1S/C14H16FNOS/c1-3-16-14(10-6-7-18-9-10)12-5-4-11(17-2)8-13(12)15/h4-9,14,16H,3H2,1-2H3. The van der Waals surface area contributed by atoms with Gasteiger partial charge in [0.25, 0.3) is 0 Å². The van der Waals surface area contributed by atoms with Crippen LogP contribution >= 0.6 is 11.3 Å². The molecule has 0 saturated heterocycles. The predicted octanol–water partition coefficient (Wildman–Crippen LogP) is 3.59. The zero-order valence-electron chi connectivity index (χ0n) is 10.4. The van der Waals surface area contributed by atoms with E-state index in [0.29, 0.717) is 11.3 Å². The molecule has 0 aliphatic carbocycles. The molecule has 1 aromatic carbocycles. The molecule has 1 N–H and O–H groups in total. The molecule has 96 valence electrons. The van der Waals surface area contributed by atoms with Crippen LogP contribution in [0.1, 0.15) is 24.1 Å². The van der Waals surface area contributed by atoms with E-state index < -0.39 is 0 Å². The van der Waals surface area contributed by atoms with E-state index in [1.807, 2.05) is 23.8 Å². The number of hydrogen-bond acceptors (Lipinski definition) is 3. The van der Waals surface area contributed by atoms with E-state index in [1.165, 1.54) is 13.2 Å². The Hall–Kier alpha value is -1.39. The highest BCUT2D eigenvalue weighted by Gasteiger charge is 2.17. The first kappa shape index (κ1) is 13.1. The lowest BCUT2D eigenvalue weighted by Crippen LogP contribution is -2.22. The molecule has 0 aliphatic rings. The zero-order chi connectivity index (χ0) is 13.0. The van der Waals surface area contributed by atoms with Gasteiger partial charge in [-0.1, -0.05) is 13.0 Å². The summed E-state index contributed by atoms with van der Waals surface area (Å²) < 4.78 is 19.1. The van der Waals surface area contributed by atoms with Crippen LogP contribution < -0.4 is 10.1 Å². The molecule has 0 fully saturated rings. The minimum atomic E-state index is -0.244. The maximum atomic E-state index is 14.1. The van der Waals surface area contributed by atoms with Crippen molar-refractivity contribution in [2.24, 2.45) is 0 Å². The molecule has 1 atom stereocenters. The third-order valence-corrected chi connectivity index (χ3v) is 3.50. The van der Waals surface area contributed by atoms with Crippen LogP contribution in [0.4, 0.5) is 4.39 Å². The minimum absolute atomic E-state index is 0.104. The van der Waals surface area contributed by atoms with Crippen LogP contribution in [0.5, 0.6) is 5.75 Å². The lowest BCUT2D eigenvalue weighted by atomic mass is 10.0. The van der Waals surface area contributed by atoms with Gasteiger partial charge in [0.2, 0.25) is 0 Å². The fourth-order valence-electron chi connectivity index (χ4n) is 1.92. The largest absolute Gasteiger partial charge is 0.497 e. The average Bonchev–Trinajstić information content (AvgIpc) is 2.90. The molecule has 2 aromatic rings. The fourth-order valence-corrected chi connectivity index (χ4v) is 2.61. The van der Waals surface area contributed by atoms with Crippen LogP contribution in [0.3, 0.4) is 0 Å². The molecule has 0 spiro atoms. The second-order valence-corrected chi connectivity index (χ2v) is 4.71. The highest BCUT2D eigenvalue weighted by atomic mass is 32.1. The van der Waals surface area contributed by atoms with E-state index in [0.717, 1.165) is 12.1 Å². The van der Waals surface area contributed by atoms with Gasteiger partial charge < -0.3 is 10.1 Å². The van der Waals surface area contributed by atoms with Crippen molar-refractivity contribution in [2.45, 2.75) is 13.0 Å². The number of methoxy groups -OCH3 is 1. The van der Waals surface area contributed by atoms with E-state index in [4.69, 9.17) is 4.74 Å². The van der Waals surface area contributed by atoms with Crippen LogP contribution in [-0.4, -0.2) is 13.7 Å². The molecule has 1 unspecified atom stereocenters. The summed E-state index contributed by atoms with van der Waals surface area (Å²) in [6, 6.07) is 6.90. The molecule has 0 bridgehead atoms. The zero-order valence-corrected chi connectivity index (χ0v) is 11.3. The SMILES string of the molecule is CCNC(c1ccsc1)c1ccc(OC)cc1F. The van der Waals surface area contributed by atoms with Crippen molar-refractivity contribution in [3.8, 4) is 5.75 Å². The summed E-state index contributed by atoms with van der Waals surface area (Å²) in [5.41, 5.74) is 1.74. The van der Waals surface area contributed by atoms with Gasteiger partial charge in [0, 0.05) is 11.6 Å². The molecule has 1 heterocycles. The Morgan fingerprint density at radius 1 is 1.39 bits per heavy atom. The molecule has 2 nitrogen and oxygen atoms in total. The van der Waals surface area contributed by atoms with Crippen LogP contribution in [0.2, 0.25) is 0 Å². The molecule has 0 aliphatic heterocycles. The third-order valence-electron chi connectivity index (χ3n) is 2.80. The second kappa shape index (κ2) is 5.98. The van der Waals surface area contributed by atoms with Gasteiger partial charge in [0.15, 0.2) is 0 Å². The van der Waals surface area contributed by atoms with Crippen LogP contribution in [-0.2, 0) is 0 Å². The first-order valence-corrected chi connectivity index (χ1v) is 6.79. The molecule has 4 heteroatoms. The first-order valence-electron chi connectivity index (χ1n) is 5.85. The van der Waals surface area contributed by atoms with Crippen molar-refractivity contribution < 1.29 is 9.13 Å². The molecule has 1 aromatic heterocycles. The summed E-state index contributed by atoms with van der Waals surface area (Å²) >= 11 is 1.61. The molecule has 0 radical (unpaired) electrons. The highest BCUT2D eigenvalue weighted by molar-refractivity contribution is 7.08. The van der Waals surface area contributed by atoms with Crippen LogP contribution in [0, 0.1) is 5.82 Å². The Kier molecular flexibility index (Phi) is 4.33. The summed E-state index contributed by atoms with van der Waals surface area (Å²) in [6.45, 7) is 2.80. The van der Waals surface area contributed by atoms with Gasteiger partial charge in [-0.05, 0) is 35.0 Å². The number of halogens is 1. The Balaban J connectivity index is 2.37. The quantitative estimate of drug-likeness (QED) is 0.892. The average molecular weight is 265 g/mol. The van der Waals surface area contributed by atoms with Crippen LogP contribution in [0.15, 0.2) is 35.0 Å². The van der Waals surface area contributed by atoms with E-state index in [1.54, 1.807) is 23.5 Å². The van der Waals surface area contributed by atoms with E-state index in [-0.39, 0.29) is 11.9 Å². The first-order chi connectivity index (χ1) is 8.76. The second-order valence-electron chi connectivity index (χ2n) is 3.93. The van der Waals surface area contributed by atoms with E-state index >= 15 is 0 Å². The Labute approximate surface area is 110 Å². The third kappa shape index (κ3) is 2.71. The fraction of sp³-hybridized carbons (Fsp3) is 0.286. The molecule has 0 saturated carbocycles. The van der Waals surface area contributed by atoms with E-state index in [9.17, 15) is 4.39 Å². The monoisotopic (exact) mass is 265 g/mol. The van der Waals surface area contributed by atoms with Gasteiger partial charge in [0.05, 0.1) is 13.2 Å². The van der Waals surface area contributed by atoms with Crippen molar-refractivity contribution in [3.05, 3.63) is 52.0 Å². The molecule has 18 heavy (non-hydrogen) atoms. The maximum Gasteiger partial charge on any atom is 0.132 e. The van der Waals surface area contributed by atoms with Gasteiger partial charge >= 0.3 is 0 Å². The molecule has 0 amide bonds. The highest BCUT2D eigenvalue weighted by Crippen LogP contribution is 2.28. The summed E-state index contributed by atoms with van der Waals surface area (Å²) in [7, 11) is 1.54. The lowest BCUT2D eigenvalue weighted by Gasteiger charge is -2.18. The molecule has 2 rings (SSSR count). The number of hydrogen-bond donors (Lipinski definition) is 1. The van der Waals surface area contributed by atoms with Crippen molar-refractivity contribution in [1.82, 2.24) is 5.32 Å². The normalized spacial score (nSPS) is 12.4. The number of rotatable bonds is 5. The van der Waals surface area contributed by atoms with Gasteiger partial charge in [-0.25, -0.2) is 4.39 Å². The predicted molar refractivity (Wildman–Crippen MR) is 72.8 cm³/mol. The summed E-state index contributed by atoms with van der Waals surface area (Å²) in [5.74, 6) is 0.295. The van der Waals surface area contributed by atoms with Crippen molar-refractivity contribution >= 4 is 11.3 Å². The van der Waals surface area contributed by atoms with Crippen molar-refractivity contribution in [3.63, 3.8) is 0 Å². The van der Waals surface area contributed by atoms with Gasteiger partial charge in [0.1, 0.15) is 11.6 Å². The Bertz CT molecular complexity index is 499. The van der Waals surface area contributed by atoms with Gasteiger partial charge in [-0.3, -0.25) is 0 Å². The van der Waals surface area contributed by atoms with Crippen molar-refractivity contribution in [1.29, 1.82) is 0 Å². The molecular weight excluding hydrogens is 249 g/mol. The molecular formula is C14H16FNOS. The number of benzene rings is 1. The number of nitrogens with one attached hydrogen (secondary N) is 1. The topological polar surface area (TPSA) is 21.3 Å². The lowest BCUT2D eigenvalue weighted by molar-refractivity contribution is 0.410. The summed E-state index contributed by atoms with van der Waals surface area (Å²) in [4.78, 5) is 0.